The molecule has 0 aliphatic rings. The number of halogens is 1. The summed E-state index contributed by atoms with van der Waals surface area (Å²) in [4.78, 5) is 24.1. The Morgan fingerprint density at radius 1 is 1.32 bits per heavy atom. The number of H-pyrrole nitrogens is 1. The Morgan fingerprint density at radius 2 is 2.00 bits per heavy atom. The van der Waals surface area contributed by atoms with Crippen molar-refractivity contribution in [3.8, 4) is 0 Å². The lowest BCUT2D eigenvalue weighted by Gasteiger charge is -2.19. The topological polar surface area (TPSA) is 99.2 Å². The number of aliphatic carboxylic acids is 1. The van der Waals surface area contributed by atoms with Crippen LogP contribution < -0.4 is 4.90 Å². The molecular weight excluding hydrogens is 272 g/mol. The van der Waals surface area contributed by atoms with Crippen LogP contribution in [0.15, 0.2) is 30.5 Å². The van der Waals surface area contributed by atoms with E-state index in [2.05, 4.69) is 15.4 Å². The van der Waals surface area contributed by atoms with Gasteiger partial charge in [-0.25, -0.2) is 0 Å². The van der Waals surface area contributed by atoms with Gasteiger partial charge < -0.3 is 5.11 Å². The molecule has 1 amide bonds. The summed E-state index contributed by atoms with van der Waals surface area (Å²) in [6.45, 7) is -0.479. The maximum absolute atomic E-state index is 12.1. The molecule has 0 aliphatic heterocycles. The molecule has 8 heteroatoms. The van der Waals surface area contributed by atoms with E-state index in [1.54, 1.807) is 24.3 Å². The number of aromatic nitrogens is 3. The van der Waals surface area contributed by atoms with Crippen LogP contribution in [0.2, 0.25) is 5.02 Å². The van der Waals surface area contributed by atoms with E-state index in [4.69, 9.17) is 16.7 Å². The molecule has 0 saturated carbocycles. The van der Waals surface area contributed by atoms with Gasteiger partial charge in [0.25, 0.3) is 5.91 Å². The fourth-order valence-corrected chi connectivity index (χ4v) is 1.61. The van der Waals surface area contributed by atoms with Gasteiger partial charge in [0, 0.05) is 10.7 Å². The zero-order valence-electron chi connectivity index (χ0n) is 9.58. The van der Waals surface area contributed by atoms with Crippen molar-refractivity contribution in [2.24, 2.45) is 0 Å². The molecule has 98 valence electrons. The van der Waals surface area contributed by atoms with Crippen LogP contribution in [0.1, 0.15) is 10.5 Å². The number of carboxylic acid groups (broad SMARTS) is 1. The molecule has 1 aromatic carbocycles. The first-order chi connectivity index (χ1) is 9.08. The number of amides is 1. The Balaban J connectivity index is 2.33. The van der Waals surface area contributed by atoms with E-state index in [1.165, 1.54) is 6.20 Å². The van der Waals surface area contributed by atoms with Crippen LogP contribution in [0.5, 0.6) is 0 Å². The van der Waals surface area contributed by atoms with Gasteiger partial charge in [-0.3, -0.25) is 14.5 Å². The van der Waals surface area contributed by atoms with Crippen molar-refractivity contribution < 1.29 is 14.7 Å². The number of carbonyl (C=O) groups excluding carboxylic acids is 1. The summed E-state index contributed by atoms with van der Waals surface area (Å²) >= 11 is 5.75. The number of hydrogen-bond donors (Lipinski definition) is 2. The first-order valence-corrected chi connectivity index (χ1v) is 5.60. The zero-order chi connectivity index (χ0) is 13.8. The van der Waals surface area contributed by atoms with Crippen molar-refractivity contribution >= 4 is 29.2 Å². The van der Waals surface area contributed by atoms with E-state index >= 15 is 0 Å². The smallest absolute Gasteiger partial charge is 0.323 e. The monoisotopic (exact) mass is 280 g/mol. The Bertz CT molecular complexity index is 582. The minimum Gasteiger partial charge on any atom is -0.480 e. The van der Waals surface area contributed by atoms with Crippen molar-refractivity contribution in [1.82, 2.24) is 15.4 Å². The average Bonchev–Trinajstić information content (AvgIpc) is 2.90. The predicted octanol–water partition coefficient (Wildman–Crippen LogP) is 1.19. The number of nitrogens with zero attached hydrogens (tertiary/aromatic N) is 3. The summed E-state index contributed by atoms with van der Waals surface area (Å²) in [5.74, 6) is -1.69. The van der Waals surface area contributed by atoms with Crippen LogP contribution in [0.3, 0.4) is 0 Å². The molecule has 19 heavy (non-hydrogen) atoms. The Hall–Kier alpha value is -2.41. The molecule has 1 heterocycles. The lowest BCUT2D eigenvalue weighted by atomic mass is 10.2. The summed E-state index contributed by atoms with van der Waals surface area (Å²) in [5, 5.41) is 18.8. The number of hydrogen-bond acceptors (Lipinski definition) is 4. The van der Waals surface area contributed by atoms with Crippen LogP contribution in [0.4, 0.5) is 5.69 Å². The van der Waals surface area contributed by atoms with Gasteiger partial charge in [-0.1, -0.05) is 11.6 Å². The molecule has 1 aromatic heterocycles. The van der Waals surface area contributed by atoms with Crippen LogP contribution in [-0.4, -0.2) is 38.9 Å². The second kappa shape index (κ2) is 5.49. The zero-order valence-corrected chi connectivity index (χ0v) is 10.3. The standard InChI is InChI=1S/C11H9ClN4O3/c12-7-1-3-8(4-2-7)16(6-10(17)18)11(19)9-5-13-15-14-9/h1-5H,6H2,(H,17,18)(H,13,14,15). The Labute approximate surface area is 112 Å². The molecule has 0 atom stereocenters. The second-order valence-electron chi connectivity index (χ2n) is 3.62. The van der Waals surface area contributed by atoms with Crippen LogP contribution in [0, 0.1) is 0 Å². The molecule has 0 unspecified atom stereocenters. The van der Waals surface area contributed by atoms with Gasteiger partial charge in [-0.2, -0.15) is 15.4 Å². The molecule has 0 spiro atoms. The van der Waals surface area contributed by atoms with E-state index in [9.17, 15) is 9.59 Å². The van der Waals surface area contributed by atoms with Gasteiger partial charge in [0.05, 0.1) is 6.20 Å². The fourth-order valence-electron chi connectivity index (χ4n) is 1.48. The number of benzene rings is 1. The van der Waals surface area contributed by atoms with Crippen molar-refractivity contribution in [2.45, 2.75) is 0 Å². The highest BCUT2D eigenvalue weighted by molar-refractivity contribution is 6.30. The van der Waals surface area contributed by atoms with Crippen molar-refractivity contribution in [3.05, 3.63) is 41.2 Å². The Kier molecular flexibility index (Phi) is 3.76. The van der Waals surface area contributed by atoms with Gasteiger partial charge >= 0.3 is 5.97 Å². The third kappa shape index (κ3) is 3.08. The summed E-state index contributed by atoms with van der Waals surface area (Å²) in [7, 11) is 0. The first kappa shape index (κ1) is 13.0. The molecule has 2 N–H and O–H groups in total. The van der Waals surface area contributed by atoms with E-state index in [0.29, 0.717) is 10.7 Å². The van der Waals surface area contributed by atoms with Crippen LogP contribution in [0.25, 0.3) is 0 Å². The van der Waals surface area contributed by atoms with E-state index < -0.39 is 18.4 Å². The van der Waals surface area contributed by atoms with Crippen molar-refractivity contribution in [1.29, 1.82) is 0 Å². The van der Waals surface area contributed by atoms with E-state index in [1.807, 2.05) is 0 Å². The molecule has 0 aliphatic carbocycles. The van der Waals surface area contributed by atoms with Gasteiger partial charge in [0.15, 0.2) is 5.69 Å². The van der Waals surface area contributed by atoms with Crippen LogP contribution >= 0.6 is 11.6 Å². The molecule has 0 saturated heterocycles. The van der Waals surface area contributed by atoms with E-state index in [0.717, 1.165) is 4.90 Å². The number of aromatic amines is 1. The van der Waals surface area contributed by atoms with Gasteiger partial charge in [0.1, 0.15) is 6.54 Å². The normalized spacial score (nSPS) is 10.2. The third-order valence-corrected chi connectivity index (χ3v) is 2.56. The summed E-state index contributed by atoms with van der Waals surface area (Å²) < 4.78 is 0. The molecule has 0 fully saturated rings. The Morgan fingerprint density at radius 3 is 2.53 bits per heavy atom. The molecule has 2 aromatic rings. The largest absolute Gasteiger partial charge is 0.480 e. The third-order valence-electron chi connectivity index (χ3n) is 2.31. The number of nitrogens with one attached hydrogen (secondary N) is 1. The maximum atomic E-state index is 12.1. The van der Waals surface area contributed by atoms with Gasteiger partial charge in [0.2, 0.25) is 0 Å². The minimum absolute atomic E-state index is 0.0381. The SMILES string of the molecule is O=C(O)CN(C(=O)c1cn[nH]n1)c1ccc(Cl)cc1. The maximum Gasteiger partial charge on any atom is 0.323 e. The number of carbonyl (C=O) groups is 2. The first-order valence-electron chi connectivity index (χ1n) is 5.23. The quantitative estimate of drug-likeness (QED) is 0.876. The minimum atomic E-state index is -1.13. The number of rotatable bonds is 4. The van der Waals surface area contributed by atoms with Crippen molar-refractivity contribution in [2.75, 3.05) is 11.4 Å². The number of carboxylic acids is 1. The summed E-state index contributed by atoms with van der Waals surface area (Å²) in [5.41, 5.74) is 0.455. The van der Waals surface area contributed by atoms with Crippen molar-refractivity contribution in [3.63, 3.8) is 0 Å². The second-order valence-corrected chi connectivity index (χ2v) is 4.05. The van der Waals surface area contributed by atoms with E-state index in [-0.39, 0.29) is 5.69 Å². The molecule has 7 nitrogen and oxygen atoms in total. The van der Waals surface area contributed by atoms with Gasteiger partial charge in [-0.05, 0) is 24.3 Å². The highest BCUT2D eigenvalue weighted by Crippen LogP contribution is 2.19. The molecule has 2 rings (SSSR count). The predicted molar refractivity (Wildman–Crippen MR) is 67.1 cm³/mol. The highest BCUT2D eigenvalue weighted by atomic mass is 35.5. The number of anilines is 1. The lowest BCUT2D eigenvalue weighted by Crippen LogP contribution is -2.35. The van der Waals surface area contributed by atoms with Gasteiger partial charge in [-0.15, -0.1) is 0 Å². The van der Waals surface area contributed by atoms with Crippen LogP contribution in [-0.2, 0) is 4.79 Å². The summed E-state index contributed by atoms with van der Waals surface area (Å²) in [6, 6.07) is 6.26. The highest BCUT2D eigenvalue weighted by Gasteiger charge is 2.22. The lowest BCUT2D eigenvalue weighted by molar-refractivity contribution is -0.135. The molecule has 0 bridgehead atoms. The summed E-state index contributed by atoms with van der Waals surface area (Å²) in [6.07, 6.45) is 1.23. The molecular formula is C11H9ClN4O3. The molecule has 0 radical (unpaired) electrons. The fraction of sp³-hybridized carbons (Fsp3) is 0.0909. The average molecular weight is 281 g/mol.